The molecule has 0 atom stereocenters. The van der Waals surface area contributed by atoms with Gasteiger partial charge in [0.05, 0.1) is 13.2 Å². The summed E-state index contributed by atoms with van der Waals surface area (Å²) in [6.07, 6.45) is 0.924. The quantitative estimate of drug-likeness (QED) is 0.732. The van der Waals surface area contributed by atoms with Crippen molar-refractivity contribution in [3.05, 3.63) is 30.7 Å². The van der Waals surface area contributed by atoms with E-state index in [1.807, 2.05) is 32.0 Å². The van der Waals surface area contributed by atoms with Crippen LogP contribution in [-0.2, 0) is 6.42 Å². The van der Waals surface area contributed by atoms with Gasteiger partial charge in [0.15, 0.2) is 11.5 Å². The Morgan fingerprint density at radius 3 is 2.50 bits per heavy atom. The van der Waals surface area contributed by atoms with Crippen LogP contribution in [0.5, 0.6) is 11.5 Å². The van der Waals surface area contributed by atoms with Crippen molar-refractivity contribution in [2.75, 3.05) is 7.11 Å². The molecular formula is C12H17O2. The monoisotopic (exact) mass is 193 g/mol. The summed E-state index contributed by atoms with van der Waals surface area (Å²) in [5.74, 6) is 1.57. The molecule has 0 saturated carbocycles. The molecule has 0 spiro atoms. The van der Waals surface area contributed by atoms with Crippen LogP contribution in [0.1, 0.15) is 19.4 Å². The highest BCUT2D eigenvalue weighted by atomic mass is 16.5. The molecule has 1 rings (SSSR count). The molecular weight excluding hydrogens is 176 g/mol. The van der Waals surface area contributed by atoms with Gasteiger partial charge in [0.25, 0.3) is 0 Å². The normalized spacial score (nSPS) is 10.4. The van der Waals surface area contributed by atoms with Crippen LogP contribution in [0.4, 0.5) is 0 Å². The standard InChI is InChI=1S/C12H17O2/c1-5-10-6-7-11(14-9(2)3)12(8-10)13-4/h6-9H,1,5H2,2-4H3. The van der Waals surface area contributed by atoms with Gasteiger partial charge in [0.1, 0.15) is 0 Å². The summed E-state index contributed by atoms with van der Waals surface area (Å²) < 4.78 is 10.8. The number of hydrogen-bond acceptors (Lipinski definition) is 2. The van der Waals surface area contributed by atoms with Gasteiger partial charge in [0.2, 0.25) is 0 Å². The third-order valence-corrected chi connectivity index (χ3v) is 1.88. The van der Waals surface area contributed by atoms with E-state index in [9.17, 15) is 0 Å². The van der Waals surface area contributed by atoms with E-state index < -0.39 is 0 Å². The lowest BCUT2D eigenvalue weighted by atomic mass is 10.1. The Kier molecular flexibility index (Phi) is 3.81. The summed E-state index contributed by atoms with van der Waals surface area (Å²) in [5, 5.41) is 0. The third kappa shape index (κ3) is 2.66. The molecule has 0 saturated heterocycles. The van der Waals surface area contributed by atoms with Crippen molar-refractivity contribution >= 4 is 0 Å². The Balaban J connectivity index is 2.93. The fraction of sp³-hybridized carbons (Fsp3) is 0.417. The zero-order valence-electron chi connectivity index (χ0n) is 9.04. The summed E-state index contributed by atoms with van der Waals surface area (Å²) in [5.41, 5.74) is 1.15. The Morgan fingerprint density at radius 1 is 1.29 bits per heavy atom. The molecule has 0 aromatic heterocycles. The fourth-order valence-corrected chi connectivity index (χ4v) is 1.22. The second kappa shape index (κ2) is 4.89. The lowest BCUT2D eigenvalue weighted by Crippen LogP contribution is -2.06. The predicted octanol–water partition coefficient (Wildman–Crippen LogP) is 2.86. The molecule has 1 aromatic rings. The molecule has 0 N–H and O–H groups in total. The van der Waals surface area contributed by atoms with Crippen LogP contribution < -0.4 is 9.47 Å². The first kappa shape index (κ1) is 10.9. The SMILES string of the molecule is [CH2]Cc1ccc(OC(C)C)c(OC)c1. The molecule has 0 fully saturated rings. The van der Waals surface area contributed by atoms with Crippen molar-refractivity contribution in [2.45, 2.75) is 26.4 Å². The van der Waals surface area contributed by atoms with Gasteiger partial charge in [-0.05, 0) is 44.9 Å². The van der Waals surface area contributed by atoms with Gasteiger partial charge in [-0.3, -0.25) is 0 Å². The first-order valence-corrected chi connectivity index (χ1v) is 4.80. The topological polar surface area (TPSA) is 18.5 Å². The van der Waals surface area contributed by atoms with Gasteiger partial charge < -0.3 is 9.47 Å². The maximum atomic E-state index is 5.59. The highest BCUT2D eigenvalue weighted by Gasteiger charge is 2.06. The molecule has 0 amide bonds. The average Bonchev–Trinajstić information content (AvgIpc) is 2.17. The molecule has 0 aliphatic rings. The molecule has 2 heteroatoms. The minimum absolute atomic E-state index is 0.162. The van der Waals surface area contributed by atoms with Crippen LogP contribution in [0.2, 0.25) is 0 Å². The Morgan fingerprint density at radius 2 is 2.00 bits per heavy atom. The number of benzene rings is 1. The van der Waals surface area contributed by atoms with E-state index in [2.05, 4.69) is 6.92 Å². The molecule has 0 bridgehead atoms. The van der Waals surface area contributed by atoms with Gasteiger partial charge in [0, 0.05) is 0 Å². The number of hydrogen-bond donors (Lipinski definition) is 0. The smallest absolute Gasteiger partial charge is 0.161 e. The highest BCUT2D eigenvalue weighted by Crippen LogP contribution is 2.28. The molecule has 1 aromatic carbocycles. The van der Waals surface area contributed by atoms with Crippen LogP contribution in [0.3, 0.4) is 0 Å². The number of rotatable bonds is 4. The summed E-state index contributed by atoms with van der Waals surface area (Å²) in [7, 11) is 1.65. The summed E-state index contributed by atoms with van der Waals surface area (Å²) in [4.78, 5) is 0. The minimum atomic E-state index is 0.162. The minimum Gasteiger partial charge on any atom is -0.493 e. The molecule has 14 heavy (non-hydrogen) atoms. The zero-order chi connectivity index (χ0) is 10.6. The third-order valence-electron chi connectivity index (χ3n) is 1.88. The molecule has 77 valence electrons. The summed E-state index contributed by atoms with van der Waals surface area (Å²) >= 11 is 0. The van der Waals surface area contributed by atoms with Crippen molar-refractivity contribution in [1.29, 1.82) is 0 Å². The van der Waals surface area contributed by atoms with E-state index >= 15 is 0 Å². The van der Waals surface area contributed by atoms with Crippen LogP contribution in [-0.4, -0.2) is 13.2 Å². The molecule has 0 aliphatic heterocycles. The lowest BCUT2D eigenvalue weighted by Gasteiger charge is -2.14. The summed E-state index contributed by atoms with van der Waals surface area (Å²) in [6, 6.07) is 5.90. The largest absolute Gasteiger partial charge is 0.493 e. The lowest BCUT2D eigenvalue weighted by molar-refractivity contribution is 0.230. The Labute approximate surface area is 85.8 Å². The van der Waals surface area contributed by atoms with Crippen molar-refractivity contribution in [2.24, 2.45) is 0 Å². The van der Waals surface area contributed by atoms with Gasteiger partial charge in [-0.25, -0.2) is 0 Å². The van der Waals surface area contributed by atoms with Gasteiger partial charge in [-0.1, -0.05) is 6.07 Å². The van der Waals surface area contributed by atoms with Crippen LogP contribution in [0, 0.1) is 6.92 Å². The van der Waals surface area contributed by atoms with Crippen molar-refractivity contribution in [1.82, 2.24) is 0 Å². The van der Waals surface area contributed by atoms with Gasteiger partial charge >= 0.3 is 0 Å². The van der Waals surface area contributed by atoms with Crippen molar-refractivity contribution < 1.29 is 9.47 Å². The van der Waals surface area contributed by atoms with Crippen LogP contribution in [0.15, 0.2) is 18.2 Å². The van der Waals surface area contributed by atoms with Crippen LogP contribution in [0.25, 0.3) is 0 Å². The van der Waals surface area contributed by atoms with E-state index in [1.165, 1.54) is 0 Å². The molecule has 0 unspecified atom stereocenters. The summed E-state index contributed by atoms with van der Waals surface area (Å²) in [6.45, 7) is 7.82. The van der Waals surface area contributed by atoms with E-state index in [-0.39, 0.29) is 6.10 Å². The Hall–Kier alpha value is -1.18. The molecule has 0 aliphatic carbocycles. The molecule has 1 radical (unpaired) electrons. The van der Waals surface area contributed by atoms with Crippen molar-refractivity contribution in [3.8, 4) is 11.5 Å². The predicted molar refractivity (Wildman–Crippen MR) is 57.8 cm³/mol. The number of ether oxygens (including phenoxy) is 2. The van der Waals surface area contributed by atoms with Gasteiger partial charge in [-0.15, -0.1) is 0 Å². The average molecular weight is 193 g/mol. The van der Waals surface area contributed by atoms with Crippen LogP contribution >= 0.6 is 0 Å². The first-order valence-electron chi connectivity index (χ1n) is 4.80. The van der Waals surface area contributed by atoms with Crippen molar-refractivity contribution in [3.63, 3.8) is 0 Å². The highest BCUT2D eigenvalue weighted by molar-refractivity contribution is 5.43. The van der Waals surface area contributed by atoms with Gasteiger partial charge in [-0.2, -0.15) is 0 Å². The maximum absolute atomic E-state index is 5.59. The second-order valence-electron chi connectivity index (χ2n) is 3.40. The first-order chi connectivity index (χ1) is 6.67. The molecule has 0 heterocycles. The second-order valence-corrected chi connectivity index (χ2v) is 3.40. The van der Waals surface area contributed by atoms with E-state index in [0.29, 0.717) is 0 Å². The Bertz CT molecular complexity index is 292. The zero-order valence-corrected chi connectivity index (χ0v) is 9.04. The number of methoxy groups -OCH3 is 1. The fourth-order valence-electron chi connectivity index (χ4n) is 1.22. The van der Waals surface area contributed by atoms with E-state index in [0.717, 1.165) is 23.5 Å². The van der Waals surface area contributed by atoms with E-state index in [4.69, 9.17) is 9.47 Å². The van der Waals surface area contributed by atoms with E-state index in [1.54, 1.807) is 7.11 Å². The molecule has 2 nitrogen and oxygen atoms in total. The maximum Gasteiger partial charge on any atom is 0.161 e.